The summed E-state index contributed by atoms with van der Waals surface area (Å²) in [6, 6.07) is 7.75. The Morgan fingerprint density at radius 1 is 0.742 bits per heavy atom. The van der Waals surface area contributed by atoms with Crippen molar-refractivity contribution in [1.82, 2.24) is 48.8 Å². The topological polar surface area (TPSA) is 96.0 Å². The van der Waals surface area contributed by atoms with Crippen molar-refractivity contribution in [2.45, 2.75) is 0 Å². The zero-order valence-electron chi connectivity index (χ0n) is 16.7. The van der Waals surface area contributed by atoms with Gasteiger partial charge in [0.15, 0.2) is 11.3 Å². The van der Waals surface area contributed by atoms with Gasteiger partial charge in [0.1, 0.15) is 4.60 Å². The molecule has 0 saturated carbocycles. The Kier molecular flexibility index (Phi) is 4.79. The summed E-state index contributed by atoms with van der Waals surface area (Å²) in [5, 5.41) is 17.1. The number of aromatic nitrogens is 10. The van der Waals surface area contributed by atoms with Gasteiger partial charge in [0.25, 0.3) is 0 Å². The number of imidazole rings is 2. The zero-order chi connectivity index (χ0) is 21.4. The molecule has 31 heavy (non-hydrogen) atoms. The summed E-state index contributed by atoms with van der Waals surface area (Å²) < 4.78 is 7.86. The first-order chi connectivity index (χ1) is 15.1. The van der Waals surface area contributed by atoms with Crippen molar-refractivity contribution in [3.63, 3.8) is 0 Å². The average Bonchev–Trinajstić information content (AvgIpc) is 3.56. The summed E-state index contributed by atoms with van der Waals surface area (Å²) >= 11 is 3.40. The molecule has 0 atom stereocenters. The molecule has 6 aromatic rings. The Morgan fingerprint density at radius 2 is 1.39 bits per heavy atom. The third kappa shape index (κ3) is 3.82. The van der Waals surface area contributed by atoms with E-state index in [1.807, 2.05) is 57.0 Å². The van der Waals surface area contributed by atoms with Gasteiger partial charge in [0.05, 0.1) is 30.0 Å². The molecule has 11 heteroatoms. The molecule has 0 fully saturated rings. The lowest BCUT2D eigenvalue weighted by Crippen LogP contribution is -1.93. The monoisotopic (exact) mass is 476 g/mol. The van der Waals surface area contributed by atoms with Crippen molar-refractivity contribution in [3.05, 3.63) is 72.2 Å². The quantitative estimate of drug-likeness (QED) is 0.381. The Hall–Kier alpha value is -3.86. The zero-order valence-corrected chi connectivity index (χ0v) is 18.3. The molecule has 0 aliphatic heterocycles. The van der Waals surface area contributed by atoms with Gasteiger partial charge in [0.2, 0.25) is 0 Å². The van der Waals surface area contributed by atoms with Gasteiger partial charge in [0, 0.05) is 50.0 Å². The number of aryl methyl sites for hydroxylation is 2. The highest BCUT2D eigenvalue weighted by Crippen LogP contribution is 2.18. The number of halogens is 1. The van der Waals surface area contributed by atoms with Crippen LogP contribution in [0.3, 0.4) is 0 Å². The van der Waals surface area contributed by atoms with Gasteiger partial charge in [-0.15, -0.1) is 0 Å². The van der Waals surface area contributed by atoms with E-state index in [2.05, 4.69) is 46.3 Å². The molecule has 0 aliphatic carbocycles. The molecule has 0 bridgehead atoms. The van der Waals surface area contributed by atoms with Crippen LogP contribution in [0.25, 0.3) is 33.8 Å². The van der Waals surface area contributed by atoms with Crippen molar-refractivity contribution in [3.8, 4) is 22.5 Å². The Labute approximate surface area is 184 Å². The van der Waals surface area contributed by atoms with E-state index in [1.165, 1.54) is 0 Å². The fraction of sp³-hybridized carbons (Fsp3) is 0.100. The van der Waals surface area contributed by atoms with Gasteiger partial charge < -0.3 is 0 Å². The van der Waals surface area contributed by atoms with Gasteiger partial charge in [-0.25, -0.2) is 19.0 Å². The van der Waals surface area contributed by atoms with Crippen LogP contribution >= 0.6 is 15.9 Å². The standard InChI is InChI=1S/C10H8BrN5.C10H9N5/c1-15-6-7(4-13-15)8-2-3-10-12-5-9(11)16(10)14-8;1-14-7-8(6-12-14)9-2-3-10-11-4-5-15(10)13-9/h2-6H,1H3;2-7H,1H3. The fourth-order valence-electron chi connectivity index (χ4n) is 3.08. The number of hydrogen-bond donors (Lipinski definition) is 0. The highest BCUT2D eigenvalue weighted by molar-refractivity contribution is 9.10. The summed E-state index contributed by atoms with van der Waals surface area (Å²) in [5.41, 5.74) is 5.44. The minimum Gasteiger partial charge on any atom is -0.275 e. The maximum absolute atomic E-state index is 4.47. The predicted octanol–water partition coefficient (Wildman–Crippen LogP) is 3.02. The lowest BCUT2D eigenvalue weighted by molar-refractivity contribution is 0.768. The normalized spacial score (nSPS) is 11.1. The summed E-state index contributed by atoms with van der Waals surface area (Å²) in [5.74, 6) is 0. The van der Waals surface area contributed by atoms with E-state index in [1.54, 1.807) is 43.2 Å². The molecule has 6 heterocycles. The molecule has 6 rings (SSSR count). The van der Waals surface area contributed by atoms with Crippen molar-refractivity contribution in [1.29, 1.82) is 0 Å². The van der Waals surface area contributed by atoms with Gasteiger partial charge >= 0.3 is 0 Å². The molecule has 154 valence electrons. The van der Waals surface area contributed by atoms with Crippen LogP contribution in [-0.4, -0.2) is 48.8 Å². The first kappa shape index (κ1) is 19.1. The molecule has 0 unspecified atom stereocenters. The van der Waals surface area contributed by atoms with Crippen LogP contribution < -0.4 is 0 Å². The number of rotatable bonds is 2. The second-order valence-electron chi connectivity index (χ2n) is 6.82. The second kappa shape index (κ2) is 7.76. The van der Waals surface area contributed by atoms with E-state index in [-0.39, 0.29) is 0 Å². The lowest BCUT2D eigenvalue weighted by Gasteiger charge is -1.98. The molecule has 0 amide bonds. The van der Waals surface area contributed by atoms with Crippen molar-refractivity contribution >= 4 is 27.2 Å². The smallest absolute Gasteiger partial charge is 0.154 e. The minimum absolute atomic E-state index is 0.819. The van der Waals surface area contributed by atoms with E-state index < -0.39 is 0 Å². The Balaban J connectivity index is 0.000000132. The summed E-state index contributed by atoms with van der Waals surface area (Å²) in [6.07, 6.45) is 12.7. The van der Waals surface area contributed by atoms with Crippen LogP contribution in [0.4, 0.5) is 0 Å². The van der Waals surface area contributed by atoms with Crippen LogP contribution in [-0.2, 0) is 14.1 Å². The van der Waals surface area contributed by atoms with Crippen LogP contribution in [0.15, 0.2) is 72.2 Å². The number of hydrogen-bond acceptors (Lipinski definition) is 6. The Morgan fingerprint density at radius 3 is 2.03 bits per heavy atom. The van der Waals surface area contributed by atoms with Crippen molar-refractivity contribution in [2.75, 3.05) is 0 Å². The Bertz CT molecular complexity index is 1490. The maximum atomic E-state index is 4.47. The van der Waals surface area contributed by atoms with E-state index in [4.69, 9.17) is 0 Å². The first-order valence-electron chi connectivity index (χ1n) is 9.35. The van der Waals surface area contributed by atoms with E-state index in [0.29, 0.717) is 0 Å². The molecule has 10 nitrogen and oxygen atoms in total. The molecular weight excluding hydrogens is 460 g/mol. The third-order valence-corrected chi connectivity index (χ3v) is 5.12. The maximum Gasteiger partial charge on any atom is 0.154 e. The first-order valence-corrected chi connectivity index (χ1v) is 10.1. The molecule has 0 N–H and O–H groups in total. The van der Waals surface area contributed by atoms with E-state index in [9.17, 15) is 0 Å². The van der Waals surface area contributed by atoms with Gasteiger partial charge in [-0.3, -0.25) is 9.36 Å². The molecule has 0 spiro atoms. The number of fused-ring (bicyclic) bond motifs is 2. The molecule has 0 aromatic carbocycles. The second-order valence-corrected chi connectivity index (χ2v) is 7.64. The summed E-state index contributed by atoms with van der Waals surface area (Å²) in [4.78, 5) is 8.33. The van der Waals surface area contributed by atoms with Gasteiger partial charge in [-0.2, -0.15) is 20.4 Å². The van der Waals surface area contributed by atoms with Gasteiger partial charge in [-0.05, 0) is 40.2 Å². The molecule has 0 saturated heterocycles. The van der Waals surface area contributed by atoms with Gasteiger partial charge in [-0.1, -0.05) is 0 Å². The largest absolute Gasteiger partial charge is 0.275 e. The highest BCUT2D eigenvalue weighted by Gasteiger charge is 2.06. The minimum atomic E-state index is 0.819. The summed E-state index contributed by atoms with van der Waals surface area (Å²) in [7, 11) is 3.77. The van der Waals surface area contributed by atoms with Crippen LogP contribution in [0.5, 0.6) is 0 Å². The summed E-state index contributed by atoms with van der Waals surface area (Å²) in [6.45, 7) is 0. The molecule has 0 radical (unpaired) electrons. The predicted molar refractivity (Wildman–Crippen MR) is 118 cm³/mol. The highest BCUT2D eigenvalue weighted by atomic mass is 79.9. The third-order valence-electron chi connectivity index (χ3n) is 4.58. The van der Waals surface area contributed by atoms with E-state index >= 15 is 0 Å². The van der Waals surface area contributed by atoms with Crippen molar-refractivity contribution < 1.29 is 0 Å². The van der Waals surface area contributed by atoms with Crippen LogP contribution in [0, 0.1) is 0 Å². The van der Waals surface area contributed by atoms with Crippen LogP contribution in [0.1, 0.15) is 0 Å². The molecular formula is C20H17BrN10. The number of nitrogens with zero attached hydrogens (tertiary/aromatic N) is 10. The lowest BCUT2D eigenvalue weighted by atomic mass is 10.2. The average molecular weight is 477 g/mol. The van der Waals surface area contributed by atoms with Crippen LogP contribution in [0.2, 0.25) is 0 Å². The fourth-order valence-corrected chi connectivity index (χ4v) is 3.44. The van der Waals surface area contributed by atoms with E-state index in [0.717, 1.165) is 38.4 Å². The van der Waals surface area contributed by atoms with Crippen molar-refractivity contribution in [2.24, 2.45) is 14.1 Å². The molecule has 0 aliphatic rings. The SMILES string of the molecule is Cn1cc(-c2ccc3ncc(Br)n3n2)cn1.Cn1cc(-c2ccc3nccn3n2)cn1. The molecule has 6 aromatic heterocycles.